The first-order valence-electron chi connectivity index (χ1n) is 4.14. The lowest BCUT2D eigenvalue weighted by atomic mass is 10.1. The van der Waals surface area contributed by atoms with Crippen LogP contribution in [0.3, 0.4) is 0 Å². The van der Waals surface area contributed by atoms with E-state index in [9.17, 15) is 0 Å². The van der Waals surface area contributed by atoms with Crippen LogP contribution < -0.4 is 10.6 Å². The fourth-order valence-electron chi connectivity index (χ4n) is 1.28. The van der Waals surface area contributed by atoms with Crippen molar-refractivity contribution in [3.8, 4) is 0 Å². The zero-order valence-corrected chi connectivity index (χ0v) is 7.91. The minimum atomic E-state index is 0.101. The second-order valence-electron chi connectivity index (χ2n) is 3.24. The standard InChI is InChI=1S/C10H16N2/c1-8(11)9-6-4-5-7-10(9)12(2)3/h4-8H,11H2,1-3H3/t8-/m0/s1. The van der Waals surface area contributed by atoms with Crippen molar-refractivity contribution in [1.82, 2.24) is 0 Å². The van der Waals surface area contributed by atoms with E-state index in [0.717, 1.165) is 0 Å². The Kier molecular flexibility index (Phi) is 2.71. The summed E-state index contributed by atoms with van der Waals surface area (Å²) in [5.74, 6) is 0. The summed E-state index contributed by atoms with van der Waals surface area (Å²) < 4.78 is 0. The third-order valence-corrected chi connectivity index (χ3v) is 1.91. The van der Waals surface area contributed by atoms with E-state index >= 15 is 0 Å². The molecule has 2 heteroatoms. The molecule has 0 radical (unpaired) electrons. The van der Waals surface area contributed by atoms with E-state index in [0.29, 0.717) is 0 Å². The third-order valence-electron chi connectivity index (χ3n) is 1.91. The summed E-state index contributed by atoms with van der Waals surface area (Å²) in [4.78, 5) is 2.08. The van der Waals surface area contributed by atoms with Crippen LogP contribution in [0.1, 0.15) is 18.5 Å². The summed E-state index contributed by atoms with van der Waals surface area (Å²) in [6.07, 6.45) is 0. The Labute approximate surface area is 74.0 Å². The van der Waals surface area contributed by atoms with E-state index in [1.807, 2.05) is 33.2 Å². The number of para-hydroxylation sites is 1. The van der Waals surface area contributed by atoms with Gasteiger partial charge in [-0.1, -0.05) is 18.2 Å². The highest BCUT2D eigenvalue weighted by Gasteiger charge is 2.06. The van der Waals surface area contributed by atoms with Gasteiger partial charge < -0.3 is 10.6 Å². The quantitative estimate of drug-likeness (QED) is 0.721. The van der Waals surface area contributed by atoms with Gasteiger partial charge in [-0.2, -0.15) is 0 Å². The number of nitrogens with zero attached hydrogens (tertiary/aromatic N) is 1. The molecule has 0 spiro atoms. The molecule has 0 aromatic heterocycles. The maximum absolute atomic E-state index is 5.83. The lowest BCUT2D eigenvalue weighted by Gasteiger charge is -2.19. The van der Waals surface area contributed by atoms with Crippen molar-refractivity contribution in [2.75, 3.05) is 19.0 Å². The van der Waals surface area contributed by atoms with E-state index in [-0.39, 0.29) is 6.04 Å². The van der Waals surface area contributed by atoms with Crippen LogP contribution in [-0.2, 0) is 0 Å². The molecular formula is C10H16N2. The van der Waals surface area contributed by atoms with Gasteiger partial charge >= 0.3 is 0 Å². The van der Waals surface area contributed by atoms with Gasteiger partial charge in [0.05, 0.1) is 0 Å². The van der Waals surface area contributed by atoms with Crippen molar-refractivity contribution >= 4 is 5.69 Å². The third kappa shape index (κ3) is 1.77. The second-order valence-corrected chi connectivity index (χ2v) is 3.24. The zero-order valence-electron chi connectivity index (χ0n) is 7.91. The molecule has 0 unspecified atom stereocenters. The summed E-state index contributed by atoms with van der Waals surface area (Å²) in [5.41, 5.74) is 8.22. The Morgan fingerprint density at radius 3 is 2.25 bits per heavy atom. The van der Waals surface area contributed by atoms with Crippen LogP contribution >= 0.6 is 0 Å². The maximum Gasteiger partial charge on any atom is 0.0409 e. The number of nitrogens with two attached hydrogens (primary N) is 1. The number of rotatable bonds is 2. The van der Waals surface area contributed by atoms with E-state index in [2.05, 4.69) is 17.0 Å². The van der Waals surface area contributed by atoms with Gasteiger partial charge in [-0.15, -0.1) is 0 Å². The molecule has 1 rings (SSSR count). The lowest BCUT2D eigenvalue weighted by molar-refractivity contribution is 0.813. The Morgan fingerprint density at radius 1 is 1.25 bits per heavy atom. The summed E-state index contributed by atoms with van der Waals surface area (Å²) in [5, 5.41) is 0. The van der Waals surface area contributed by atoms with Crippen molar-refractivity contribution in [2.24, 2.45) is 5.73 Å². The number of benzene rings is 1. The molecule has 12 heavy (non-hydrogen) atoms. The van der Waals surface area contributed by atoms with Gasteiger partial charge in [0.25, 0.3) is 0 Å². The van der Waals surface area contributed by atoms with Gasteiger partial charge in [0.2, 0.25) is 0 Å². The van der Waals surface area contributed by atoms with Crippen LogP contribution in [0.2, 0.25) is 0 Å². The summed E-state index contributed by atoms with van der Waals surface area (Å²) >= 11 is 0. The van der Waals surface area contributed by atoms with Gasteiger partial charge in [0.1, 0.15) is 0 Å². The summed E-state index contributed by atoms with van der Waals surface area (Å²) in [7, 11) is 4.06. The molecule has 0 aliphatic rings. The van der Waals surface area contributed by atoms with Gasteiger partial charge in [0.15, 0.2) is 0 Å². The van der Waals surface area contributed by atoms with Crippen molar-refractivity contribution in [3.05, 3.63) is 29.8 Å². The SMILES string of the molecule is C[C@H](N)c1ccccc1N(C)C. The number of hydrogen-bond donors (Lipinski definition) is 1. The Morgan fingerprint density at radius 2 is 1.83 bits per heavy atom. The molecule has 0 saturated heterocycles. The van der Waals surface area contributed by atoms with Crippen LogP contribution in [0.15, 0.2) is 24.3 Å². The monoisotopic (exact) mass is 164 g/mol. The predicted molar refractivity (Wildman–Crippen MR) is 53.4 cm³/mol. The molecular weight excluding hydrogens is 148 g/mol. The van der Waals surface area contributed by atoms with Gasteiger partial charge in [-0.05, 0) is 18.6 Å². The molecule has 66 valence electrons. The van der Waals surface area contributed by atoms with Crippen LogP contribution in [-0.4, -0.2) is 14.1 Å². The smallest absolute Gasteiger partial charge is 0.0409 e. The van der Waals surface area contributed by atoms with Crippen LogP contribution in [0, 0.1) is 0 Å². The first-order valence-corrected chi connectivity index (χ1v) is 4.14. The largest absolute Gasteiger partial charge is 0.377 e. The molecule has 0 heterocycles. The van der Waals surface area contributed by atoms with Crippen molar-refractivity contribution in [1.29, 1.82) is 0 Å². The van der Waals surface area contributed by atoms with E-state index in [1.165, 1.54) is 11.3 Å². The van der Waals surface area contributed by atoms with Gasteiger partial charge in [-0.25, -0.2) is 0 Å². The van der Waals surface area contributed by atoms with Gasteiger partial charge in [0, 0.05) is 25.8 Å². The van der Waals surface area contributed by atoms with Crippen molar-refractivity contribution in [3.63, 3.8) is 0 Å². The Balaban J connectivity index is 3.09. The van der Waals surface area contributed by atoms with Crippen LogP contribution in [0.5, 0.6) is 0 Å². The highest BCUT2D eigenvalue weighted by Crippen LogP contribution is 2.22. The van der Waals surface area contributed by atoms with Crippen LogP contribution in [0.25, 0.3) is 0 Å². The van der Waals surface area contributed by atoms with Crippen molar-refractivity contribution in [2.45, 2.75) is 13.0 Å². The highest BCUT2D eigenvalue weighted by molar-refractivity contribution is 5.53. The minimum Gasteiger partial charge on any atom is -0.377 e. The second kappa shape index (κ2) is 3.59. The van der Waals surface area contributed by atoms with Crippen molar-refractivity contribution < 1.29 is 0 Å². The molecule has 1 atom stereocenters. The first kappa shape index (κ1) is 9.07. The summed E-state index contributed by atoms with van der Waals surface area (Å²) in [6, 6.07) is 8.30. The average molecular weight is 164 g/mol. The lowest BCUT2D eigenvalue weighted by Crippen LogP contribution is -2.15. The first-order chi connectivity index (χ1) is 5.63. The molecule has 0 amide bonds. The zero-order chi connectivity index (χ0) is 9.14. The summed E-state index contributed by atoms with van der Waals surface area (Å²) in [6.45, 7) is 2.00. The molecule has 2 nitrogen and oxygen atoms in total. The predicted octanol–water partition coefficient (Wildman–Crippen LogP) is 1.77. The molecule has 1 aromatic carbocycles. The van der Waals surface area contributed by atoms with Crippen LogP contribution in [0.4, 0.5) is 5.69 Å². The highest BCUT2D eigenvalue weighted by atomic mass is 15.1. The van der Waals surface area contributed by atoms with E-state index in [1.54, 1.807) is 0 Å². The number of anilines is 1. The topological polar surface area (TPSA) is 29.3 Å². The molecule has 2 N–H and O–H groups in total. The Hall–Kier alpha value is -1.02. The van der Waals surface area contributed by atoms with Gasteiger partial charge in [-0.3, -0.25) is 0 Å². The number of hydrogen-bond acceptors (Lipinski definition) is 2. The molecule has 0 aliphatic heterocycles. The van der Waals surface area contributed by atoms with E-state index < -0.39 is 0 Å². The normalized spacial score (nSPS) is 12.7. The Bertz CT molecular complexity index is 227. The molecule has 1 aromatic rings. The average Bonchev–Trinajstić information content (AvgIpc) is 2.04. The minimum absolute atomic E-state index is 0.101. The molecule has 0 bridgehead atoms. The molecule has 0 aliphatic carbocycles. The van der Waals surface area contributed by atoms with E-state index in [4.69, 9.17) is 5.73 Å². The maximum atomic E-state index is 5.83. The molecule has 0 saturated carbocycles. The fraction of sp³-hybridized carbons (Fsp3) is 0.400. The fourth-order valence-corrected chi connectivity index (χ4v) is 1.28. The molecule has 0 fully saturated rings.